The average Bonchev–Trinajstić information content (AvgIpc) is 2.97. The minimum atomic E-state index is -0.720. The van der Waals surface area contributed by atoms with Crippen molar-refractivity contribution in [3.8, 4) is 0 Å². The van der Waals surface area contributed by atoms with Crippen molar-refractivity contribution >= 4 is 81.2 Å². The predicted molar refractivity (Wildman–Crippen MR) is 179 cm³/mol. The summed E-state index contributed by atoms with van der Waals surface area (Å²) in [5, 5.41) is 21.6. The summed E-state index contributed by atoms with van der Waals surface area (Å²) in [6.45, 7) is 0. The van der Waals surface area contributed by atoms with Gasteiger partial charge in [-0.1, -0.05) is 52.3 Å². The molecule has 262 valence electrons. The fourth-order valence-corrected chi connectivity index (χ4v) is 4.52. The molecule has 2 aromatic rings. The quantitative estimate of drug-likeness (QED) is 0.0487. The fourth-order valence-electron chi connectivity index (χ4n) is 2.34. The number of carbonyl (C=O) groups excluding carboxylic acids is 3. The molecule has 3 amide bonds. The molecule has 0 aliphatic carbocycles. The van der Waals surface area contributed by atoms with E-state index in [9.17, 15) is 34.6 Å². The number of hydrogen-bond donors (Lipinski definition) is 7. The Morgan fingerprint density at radius 3 is 1.44 bits per heavy atom. The number of nitrogens with zero attached hydrogens (tertiary/aromatic N) is 2. The first kappa shape index (κ1) is 50.4. The Balaban J connectivity index is -0.000000262. The fraction of sp³-hybridized carbons (Fsp3) is 0.375. The van der Waals surface area contributed by atoms with E-state index in [1.54, 1.807) is 36.4 Å². The molecule has 0 heterocycles. The van der Waals surface area contributed by atoms with Crippen LogP contribution in [-0.4, -0.2) is 69.2 Å². The standard InChI is InChI=1S/C10H13N3O3S.C7H6BrNO2.C4H10N2OS.C3H8N2OS.2Au/c11-8(10(12)14)6-17-5-7-3-1-2-4-9(7)13(15)16;8-5-6-3-1-2-4-7(6)9(10)11;1-8-2-3(5)4(6)7;4-2(1-7)3(5)6;;/h1-4,8H,5-6,11H2,(H2,12,14);1-4H,5H2;3H,2,5H2,1H3,(H2,6,7);2,7H,1,4H2,(H2,5,6);;. The first-order valence-electron chi connectivity index (χ1n) is 12.0. The van der Waals surface area contributed by atoms with E-state index in [4.69, 9.17) is 34.4 Å². The van der Waals surface area contributed by atoms with Crippen LogP contribution >= 0.6 is 52.1 Å². The van der Waals surface area contributed by atoms with Crippen LogP contribution in [0.25, 0.3) is 0 Å². The third kappa shape index (κ3) is 24.4. The number of alkyl halides is 1. The van der Waals surface area contributed by atoms with Gasteiger partial charge in [0.1, 0.15) is 0 Å². The van der Waals surface area contributed by atoms with E-state index >= 15 is 0 Å². The van der Waals surface area contributed by atoms with Gasteiger partial charge in [0.15, 0.2) is 0 Å². The van der Waals surface area contributed by atoms with Crippen LogP contribution in [0.4, 0.5) is 11.4 Å². The van der Waals surface area contributed by atoms with Crippen LogP contribution in [0.15, 0.2) is 48.5 Å². The van der Waals surface area contributed by atoms with E-state index in [0.717, 1.165) is 0 Å². The molecule has 3 unspecified atom stereocenters. The number of primary amides is 3. The number of halogens is 1. The molecule has 0 fully saturated rings. The zero-order valence-corrected chi connectivity index (χ0v) is 32.3. The summed E-state index contributed by atoms with van der Waals surface area (Å²) >= 11 is 9.76. The molecule has 0 spiro atoms. The molecule has 21 heteroatoms. The molecular weight excluding hydrogens is 1080 g/mol. The first-order chi connectivity index (χ1) is 20.1. The van der Waals surface area contributed by atoms with Gasteiger partial charge in [0, 0.05) is 96.4 Å². The summed E-state index contributed by atoms with van der Waals surface area (Å²) in [4.78, 5) is 51.1. The van der Waals surface area contributed by atoms with Crippen LogP contribution in [0, 0.1) is 20.2 Å². The van der Waals surface area contributed by atoms with E-state index in [1.165, 1.54) is 35.7 Å². The zero-order valence-electron chi connectivity index (χ0n) is 23.8. The van der Waals surface area contributed by atoms with E-state index in [0.29, 0.717) is 39.5 Å². The second kappa shape index (κ2) is 29.9. The molecule has 0 saturated heterocycles. The maximum atomic E-state index is 10.7. The molecule has 45 heavy (non-hydrogen) atoms. The summed E-state index contributed by atoms with van der Waals surface area (Å²) < 4.78 is 0. The number of para-hydroxylation sites is 2. The molecule has 2 rings (SSSR count). The summed E-state index contributed by atoms with van der Waals surface area (Å²) in [7, 11) is 0. The van der Waals surface area contributed by atoms with Crippen molar-refractivity contribution in [3.63, 3.8) is 0 Å². The van der Waals surface area contributed by atoms with Gasteiger partial charge in [0.25, 0.3) is 11.4 Å². The van der Waals surface area contributed by atoms with Crippen molar-refractivity contribution in [2.75, 3.05) is 23.5 Å². The number of thioether (sulfide) groups is 2. The van der Waals surface area contributed by atoms with E-state index in [2.05, 4.69) is 28.6 Å². The number of amides is 3. The van der Waals surface area contributed by atoms with Crippen LogP contribution in [0.2, 0.25) is 0 Å². The van der Waals surface area contributed by atoms with Gasteiger partial charge in [0.2, 0.25) is 17.7 Å². The summed E-state index contributed by atoms with van der Waals surface area (Å²) in [6.07, 6.45) is 1.88. The largest absolute Gasteiger partial charge is 0.368 e. The number of nitro benzene ring substituents is 2. The van der Waals surface area contributed by atoms with Crippen LogP contribution in [-0.2, 0) is 70.2 Å². The molecular formula is C24H37Au2BrN8O7S3. The van der Waals surface area contributed by atoms with Crippen molar-refractivity contribution < 1.29 is 69.0 Å². The number of hydrogen-bond acceptors (Lipinski definition) is 13. The van der Waals surface area contributed by atoms with Crippen LogP contribution in [0.3, 0.4) is 0 Å². The number of rotatable bonds is 13. The van der Waals surface area contributed by atoms with Gasteiger partial charge in [-0.2, -0.15) is 36.2 Å². The normalized spacial score (nSPS) is 11.3. The first-order valence-corrected chi connectivity index (χ1v) is 16.3. The Hall–Kier alpha value is -1.46. The van der Waals surface area contributed by atoms with Gasteiger partial charge in [-0.15, -0.1) is 0 Å². The summed E-state index contributed by atoms with van der Waals surface area (Å²) in [5.74, 6) is 0.193. The summed E-state index contributed by atoms with van der Waals surface area (Å²) in [5.41, 5.74) is 31.9. The Morgan fingerprint density at radius 2 is 1.16 bits per heavy atom. The van der Waals surface area contributed by atoms with Crippen molar-refractivity contribution in [2.45, 2.75) is 29.2 Å². The number of carbonyl (C=O) groups is 3. The third-order valence-electron chi connectivity index (χ3n) is 4.71. The van der Waals surface area contributed by atoms with Crippen molar-refractivity contribution in [3.05, 3.63) is 79.9 Å². The molecule has 12 N–H and O–H groups in total. The van der Waals surface area contributed by atoms with Gasteiger partial charge in [-0.25, -0.2) is 0 Å². The van der Waals surface area contributed by atoms with Gasteiger partial charge in [0.05, 0.1) is 28.0 Å². The SMILES string of the molecule is CSCC(N)C(N)=O.NC(=O)C(N)CS.NC(=O)C(N)CSCc1ccccc1[N+](=O)[O-].O=[N+]([O-])c1ccccc1CBr.[Au].[Au]. The average molecular weight is 1120 g/mol. The summed E-state index contributed by atoms with van der Waals surface area (Å²) in [6, 6.07) is 11.3. The Kier molecular flexibility index (Phi) is 33.5. The van der Waals surface area contributed by atoms with E-state index in [-0.39, 0.29) is 61.1 Å². The molecule has 0 bridgehead atoms. The van der Waals surface area contributed by atoms with Crippen molar-refractivity contribution in [1.82, 2.24) is 0 Å². The monoisotopic (exact) mass is 1120 g/mol. The topological polar surface area (TPSA) is 294 Å². The Bertz CT molecular complexity index is 1200. The zero-order chi connectivity index (χ0) is 33.5. The van der Waals surface area contributed by atoms with Gasteiger partial charge in [-0.3, -0.25) is 34.6 Å². The van der Waals surface area contributed by atoms with Crippen molar-refractivity contribution in [2.24, 2.45) is 34.4 Å². The molecule has 3 atom stereocenters. The van der Waals surface area contributed by atoms with Gasteiger partial charge in [-0.05, 0) is 6.26 Å². The Morgan fingerprint density at radius 1 is 0.778 bits per heavy atom. The number of nitrogens with two attached hydrogens (primary N) is 6. The van der Waals surface area contributed by atoms with E-state index in [1.807, 2.05) is 6.26 Å². The molecule has 0 aromatic heterocycles. The maximum Gasteiger partial charge on any atom is 0.273 e. The molecule has 2 aromatic carbocycles. The predicted octanol–water partition coefficient (Wildman–Crippen LogP) is 1.02. The number of benzene rings is 2. The van der Waals surface area contributed by atoms with Crippen LogP contribution in [0.1, 0.15) is 11.1 Å². The Labute approximate surface area is 314 Å². The smallest absolute Gasteiger partial charge is 0.273 e. The minimum absolute atomic E-state index is 0. The van der Waals surface area contributed by atoms with Crippen LogP contribution in [0.5, 0.6) is 0 Å². The van der Waals surface area contributed by atoms with E-state index < -0.39 is 40.8 Å². The third-order valence-corrected chi connectivity index (χ3v) is 7.51. The van der Waals surface area contributed by atoms with Gasteiger partial charge >= 0.3 is 0 Å². The maximum absolute atomic E-state index is 10.7. The molecule has 2 radical (unpaired) electrons. The second-order valence-corrected chi connectivity index (χ2v) is 11.0. The van der Waals surface area contributed by atoms with Crippen LogP contribution < -0.4 is 34.4 Å². The molecule has 15 nitrogen and oxygen atoms in total. The molecule has 0 aliphatic heterocycles. The van der Waals surface area contributed by atoms with Gasteiger partial charge < -0.3 is 34.4 Å². The second-order valence-electron chi connectivity index (χ2n) is 8.08. The molecule has 0 aliphatic rings. The number of thiol groups is 1. The van der Waals surface area contributed by atoms with Crippen molar-refractivity contribution in [1.29, 1.82) is 0 Å². The molecule has 0 saturated carbocycles. The number of nitro groups is 2. The minimum Gasteiger partial charge on any atom is -0.368 e.